The molecule has 2 aliphatic rings. The van der Waals surface area contributed by atoms with Crippen molar-refractivity contribution in [3.63, 3.8) is 0 Å². The summed E-state index contributed by atoms with van der Waals surface area (Å²) in [5.74, 6) is 0.714. The van der Waals surface area contributed by atoms with E-state index < -0.39 is 0 Å². The molecule has 0 unspecified atom stereocenters. The molecule has 2 N–H and O–H groups in total. The van der Waals surface area contributed by atoms with Gasteiger partial charge in [0.2, 0.25) is 0 Å². The van der Waals surface area contributed by atoms with E-state index in [2.05, 4.69) is 9.89 Å². The van der Waals surface area contributed by atoms with Gasteiger partial charge in [0, 0.05) is 33.4 Å². The molecular formula is C12H23N3O. The minimum atomic E-state index is 0.408. The fourth-order valence-corrected chi connectivity index (χ4v) is 1.99. The standard InChI is InChI=1S/C12H23N3O/c1-15(10-3-4-10)11(13)14-9-12(5-6-12)7-8-16-2/h10H,3-9H2,1-2H3,(H2,13,14). The van der Waals surface area contributed by atoms with Crippen LogP contribution in [0, 0.1) is 5.41 Å². The van der Waals surface area contributed by atoms with Crippen LogP contribution in [0.5, 0.6) is 0 Å². The highest BCUT2D eigenvalue weighted by Gasteiger charge is 2.42. The molecule has 4 nitrogen and oxygen atoms in total. The van der Waals surface area contributed by atoms with Gasteiger partial charge in [0.15, 0.2) is 5.96 Å². The second-order valence-corrected chi connectivity index (χ2v) is 5.26. The molecule has 0 aromatic heterocycles. The van der Waals surface area contributed by atoms with Gasteiger partial charge in [-0.15, -0.1) is 0 Å². The van der Waals surface area contributed by atoms with Gasteiger partial charge in [0.05, 0.1) is 0 Å². The molecule has 16 heavy (non-hydrogen) atoms. The van der Waals surface area contributed by atoms with E-state index in [9.17, 15) is 0 Å². The van der Waals surface area contributed by atoms with Crippen molar-refractivity contribution in [2.45, 2.75) is 38.1 Å². The Hall–Kier alpha value is -0.770. The van der Waals surface area contributed by atoms with E-state index in [1.54, 1.807) is 7.11 Å². The molecule has 0 aliphatic heterocycles. The van der Waals surface area contributed by atoms with Gasteiger partial charge in [-0.2, -0.15) is 0 Å². The number of rotatable bonds is 6. The van der Waals surface area contributed by atoms with Gasteiger partial charge in [-0.1, -0.05) is 0 Å². The SMILES string of the molecule is COCCC1(CN=C(N)N(C)C2CC2)CC1. The summed E-state index contributed by atoms with van der Waals surface area (Å²) in [4.78, 5) is 6.65. The maximum atomic E-state index is 5.97. The summed E-state index contributed by atoms with van der Waals surface area (Å²) in [6.45, 7) is 1.72. The smallest absolute Gasteiger partial charge is 0.191 e. The first-order chi connectivity index (χ1) is 7.67. The van der Waals surface area contributed by atoms with Crippen molar-refractivity contribution >= 4 is 5.96 Å². The predicted octanol–water partition coefficient (Wildman–Crippen LogP) is 1.21. The van der Waals surface area contributed by atoms with Gasteiger partial charge >= 0.3 is 0 Å². The van der Waals surface area contributed by atoms with Gasteiger partial charge in [0.25, 0.3) is 0 Å². The molecule has 0 radical (unpaired) electrons. The summed E-state index contributed by atoms with van der Waals surface area (Å²) in [5, 5.41) is 0. The Kier molecular flexibility index (Phi) is 3.38. The first-order valence-corrected chi connectivity index (χ1v) is 6.19. The Morgan fingerprint density at radius 1 is 1.50 bits per heavy atom. The molecule has 0 bridgehead atoms. The zero-order chi connectivity index (χ0) is 11.6. The fraction of sp³-hybridized carbons (Fsp3) is 0.917. The van der Waals surface area contributed by atoms with Crippen molar-refractivity contribution < 1.29 is 4.74 Å². The minimum Gasteiger partial charge on any atom is -0.385 e. The molecule has 2 saturated carbocycles. The number of hydrogen-bond donors (Lipinski definition) is 1. The molecule has 0 aromatic rings. The van der Waals surface area contributed by atoms with Crippen molar-refractivity contribution in [1.82, 2.24) is 4.90 Å². The van der Waals surface area contributed by atoms with Crippen molar-refractivity contribution in [2.24, 2.45) is 16.1 Å². The van der Waals surface area contributed by atoms with E-state index in [0.717, 1.165) is 19.6 Å². The lowest BCUT2D eigenvalue weighted by Gasteiger charge is -2.18. The Balaban J connectivity index is 1.78. The van der Waals surface area contributed by atoms with Gasteiger partial charge in [0.1, 0.15) is 0 Å². The van der Waals surface area contributed by atoms with E-state index in [0.29, 0.717) is 17.4 Å². The second-order valence-electron chi connectivity index (χ2n) is 5.26. The lowest BCUT2D eigenvalue weighted by molar-refractivity contribution is 0.174. The highest BCUT2D eigenvalue weighted by Crippen LogP contribution is 2.49. The number of methoxy groups -OCH3 is 1. The molecule has 0 saturated heterocycles. The largest absolute Gasteiger partial charge is 0.385 e. The summed E-state index contributed by atoms with van der Waals surface area (Å²) in [6.07, 6.45) is 6.21. The Labute approximate surface area is 97.9 Å². The number of nitrogens with zero attached hydrogens (tertiary/aromatic N) is 2. The van der Waals surface area contributed by atoms with E-state index in [-0.39, 0.29) is 0 Å². The second kappa shape index (κ2) is 4.62. The van der Waals surface area contributed by atoms with Crippen LogP contribution in [-0.2, 0) is 4.74 Å². The van der Waals surface area contributed by atoms with Crippen LogP contribution in [0.15, 0.2) is 4.99 Å². The molecule has 2 aliphatic carbocycles. The third-order valence-corrected chi connectivity index (χ3v) is 3.83. The van der Waals surface area contributed by atoms with E-state index >= 15 is 0 Å². The number of guanidine groups is 1. The molecule has 2 fully saturated rings. The van der Waals surface area contributed by atoms with Crippen molar-refractivity contribution in [3.05, 3.63) is 0 Å². The average Bonchev–Trinajstić information content (AvgIpc) is 3.16. The lowest BCUT2D eigenvalue weighted by Crippen LogP contribution is -2.36. The van der Waals surface area contributed by atoms with Crippen LogP contribution in [0.2, 0.25) is 0 Å². The molecule has 0 spiro atoms. The molecular weight excluding hydrogens is 202 g/mol. The van der Waals surface area contributed by atoms with Gasteiger partial charge < -0.3 is 15.4 Å². The third kappa shape index (κ3) is 2.88. The molecule has 0 aromatic carbocycles. The highest BCUT2D eigenvalue weighted by atomic mass is 16.5. The zero-order valence-electron chi connectivity index (χ0n) is 10.4. The van der Waals surface area contributed by atoms with Crippen LogP contribution >= 0.6 is 0 Å². The van der Waals surface area contributed by atoms with Crippen LogP contribution in [0.4, 0.5) is 0 Å². The van der Waals surface area contributed by atoms with Crippen molar-refractivity contribution in [2.75, 3.05) is 27.3 Å². The van der Waals surface area contributed by atoms with Crippen LogP contribution in [0.25, 0.3) is 0 Å². The van der Waals surface area contributed by atoms with Crippen molar-refractivity contribution in [3.8, 4) is 0 Å². The van der Waals surface area contributed by atoms with E-state index in [1.807, 2.05) is 7.05 Å². The Morgan fingerprint density at radius 3 is 2.69 bits per heavy atom. The molecule has 4 heteroatoms. The van der Waals surface area contributed by atoms with Crippen LogP contribution in [0.3, 0.4) is 0 Å². The molecule has 92 valence electrons. The fourth-order valence-electron chi connectivity index (χ4n) is 1.99. The van der Waals surface area contributed by atoms with Gasteiger partial charge in [-0.25, -0.2) is 0 Å². The summed E-state index contributed by atoms with van der Waals surface area (Å²) in [6, 6.07) is 0.651. The van der Waals surface area contributed by atoms with E-state index in [4.69, 9.17) is 10.5 Å². The molecule has 0 amide bonds. The number of hydrogen-bond acceptors (Lipinski definition) is 2. The van der Waals surface area contributed by atoms with Crippen LogP contribution < -0.4 is 5.73 Å². The minimum absolute atomic E-state index is 0.408. The number of aliphatic imine (C=N–C) groups is 1. The Morgan fingerprint density at radius 2 is 2.19 bits per heavy atom. The molecule has 0 heterocycles. The molecule has 2 rings (SSSR count). The monoisotopic (exact) mass is 225 g/mol. The zero-order valence-corrected chi connectivity index (χ0v) is 10.4. The Bertz CT molecular complexity index is 269. The van der Waals surface area contributed by atoms with E-state index in [1.165, 1.54) is 25.7 Å². The quantitative estimate of drug-likeness (QED) is 0.546. The third-order valence-electron chi connectivity index (χ3n) is 3.83. The van der Waals surface area contributed by atoms with Crippen LogP contribution in [-0.4, -0.2) is 44.2 Å². The van der Waals surface area contributed by atoms with Gasteiger partial charge in [-0.3, -0.25) is 4.99 Å². The van der Waals surface area contributed by atoms with Crippen molar-refractivity contribution in [1.29, 1.82) is 0 Å². The summed E-state index contributed by atoms with van der Waals surface area (Å²) < 4.78 is 5.13. The number of ether oxygens (including phenoxy) is 1. The summed E-state index contributed by atoms with van der Waals surface area (Å²) in [7, 11) is 3.81. The first kappa shape index (κ1) is 11.7. The summed E-state index contributed by atoms with van der Waals surface area (Å²) in [5.41, 5.74) is 6.37. The number of nitrogens with two attached hydrogens (primary N) is 1. The predicted molar refractivity (Wildman–Crippen MR) is 65.4 cm³/mol. The maximum absolute atomic E-state index is 5.97. The maximum Gasteiger partial charge on any atom is 0.191 e. The molecule has 0 atom stereocenters. The topological polar surface area (TPSA) is 50.9 Å². The average molecular weight is 225 g/mol. The highest BCUT2D eigenvalue weighted by molar-refractivity contribution is 5.78. The van der Waals surface area contributed by atoms with Crippen LogP contribution in [0.1, 0.15) is 32.1 Å². The lowest BCUT2D eigenvalue weighted by atomic mass is 10.0. The normalized spacial score (nSPS) is 23.2. The first-order valence-electron chi connectivity index (χ1n) is 6.19. The van der Waals surface area contributed by atoms with Gasteiger partial charge in [-0.05, 0) is 37.5 Å². The summed E-state index contributed by atoms with van der Waals surface area (Å²) >= 11 is 0.